The molecule has 0 radical (unpaired) electrons. The molecule has 1 rings (SSSR count). The number of carbonyl (C=O) groups excluding carboxylic acids is 1. The highest BCUT2D eigenvalue weighted by atomic mass is 16.2. The van der Waals surface area contributed by atoms with Gasteiger partial charge in [-0.1, -0.05) is 40.5 Å². The molecule has 0 aromatic heterocycles. The molecule has 0 aromatic rings. The molecule has 1 amide bonds. The third-order valence-corrected chi connectivity index (χ3v) is 2.94. The molecule has 0 aromatic carbocycles. The Morgan fingerprint density at radius 3 is 2.36 bits per heavy atom. The van der Waals surface area contributed by atoms with Crippen LogP contribution in [0.5, 0.6) is 0 Å². The number of amides is 1. The van der Waals surface area contributed by atoms with Gasteiger partial charge in [-0.25, -0.2) is 0 Å². The highest BCUT2D eigenvalue weighted by Gasteiger charge is 2.39. The molecule has 1 aliphatic heterocycles. The maximum absolute atomic E-state index is 11.7. The van der Waals surface area contributed by atoms with Gasteiger partial charge in [0.1, 0.15) is 0 Å². The van der Waals surface area contributed by atoms with Gasteiger partial charge in [-0.2, -0.15) is 0 Å². The van der Waals surface area contributed by atoms with Crippen LogP contribution in [-0.4, -0.2) is 24.4 Å². The maximum Gasteiger partial charge on any atom is 0.228 e. The van der Waals surface area contributed by atoms with Crippen molar-refractivity contribution in [3.8, 4) is 0 Å². The number of hydrogen-bond donors (Lipinski definition) is 0. The van der Waals surface area contributed by atoms with Crippen LogP contribution in [0.3, 0.4) is 0 Å². The van der Waals surface area contributed by atoms with Crippen LogP contribution < -0.4 is 0 Å². The third-order valence-electron chi connectivity index (χ3n) is 2.94. The number of carbonyl (C=O) groups is 1. The number of likely N-dealkylation sites (tertiary alicyclic amines) is 1. The fraction of sp³-hybridized carbons (Fsp3) is 0.917. The van der Waals surface area contributed by atoms with Crippen molar-refractivity contribution in [3.05, 3.63) is 0 Å². The first-order chi connectivity index (χ1) is 6.60. The molecule has 1 saturated heterocycles. The van der Waals surface area contributed by atoms with Crippen LogP contribution in [0.1, 0.15) is 53.4 Å². The van der Waals surface area contributed by atoms with Gasteiger partial charge >= 0.3 is 0 Å². The van der Waals surface area contributed by atoms with Crippen molar-refractivity contribution < 1.29 is 4.79 Å². The van der Waals surface area contributed by atoms with Crippen molar-refractivity contribution in [1.82, 2.24) is 4.90 Å². The van der Waals surface area contributed by atoms with Crippen LogP contribution in [-0.2, 0) is 4.79 Å². The molecule has 1 unspecified atom stereocenters. The summed E-state index contributed by atoms with van der Waals surface area (Å²) in [6, 6.07) is 0. The molecular formula is C12H25NO. The lowest BCUT2D eigenvalue weighted by molar-refractivity contribution is -0.134. The second-order valence-corrected chi connectivity index (χ2v) is 4.14. The minimum Gasteiger partial charge on any atom is -0.345 e. The standard InChI is InChI=1S/C10H19NO.C2H6/c1-4-5-6-10(2)7-8-11(3)9(10)12;1-2/h4-8H2,1-3H3;1-2H3. The second kappa shape index (κ2) is 6.05. The zero-order chi connectivity index (χ0) is 11.2. The van der Waals surface area contributed by atoms with Crippen molar-refractivity contribution >= 4 is 5.91 Å². The summed E-state index contributed by atoms with van der Waals surface area (Å²) in [5.41, 5.74) is -0.0369. The molecule has 1 aliphatic rings. The van der Waals surface area contributed by atoms with Gasteiger partial charge < -0.3 is 4.90 Å². The predicted molar refractivity (Wildman–Crippen MR) is 61.2 cm³/mol. The maximum atomic E-state index is 11.7. The normalized spacial score (nSPS) is 26.1. The Morgan fingerprint density at radius 1 is 1.43 bits per heavy atom. The number of nitrogens with zero attached hydrogens (tertiary/aromatic N) is 1. The Bertz CT molecular complexity index is 179. The van der Waals surface area contributed by atoms with Crippen molar-refractivity contribution in [1.29, 1.82) is 0 Å². The van der Waals surface area contributed by atoms with Crippen molar-refractivity contribution in [2.24, 2.45) is 5.41 Å². The van der Waals surface area contributed by atoms with Crippen molar-refractivity contribution in [2.75, 3.05) is 13.6 Å². The molecule has 0 N–H and O–H groups in total. The minimum absolute atomic E-state index is 0.0369. The molecule has 0 spiro atoms. The Balaban J connectivity index is 0.000000791. The average molecular weight is 199 g/mol. The number of hydrogen-bond acceptors (Lipinski definition) is 1. The van der Waals surface area contributed by atoms with Crippen LogP contribution in [0.2, 0.25) is 0 Å². The van der Waals surface area contributed by atoms with Crippen LogP contribution in [0.4, 0.5) is 0 Å². The van der Waals surface area contributed by atoms with E-state index in [9.17, 15) is 4.79 Å². The number of unbranched alkanes of at least 4 members (excludes halogenated alkanes) is 1. The van der Waals surface area contributed by atoms with E-state index in [2.05, 4.69) is 13.8 Å². The first-order valence-corrected chi connectivity index (χ1v) is 5.86. The van der Waals surface area contributed by atoms with Crippen molar-refractivity contribution in [2.45, 2.75) is 53.4 Å². The first kappa shape index (κ1) is 13.5. The van der Waals surface area contributed by atoms with Gasteiger partial charge in [-0.15, -0.1) is 0 Å². The summed E-state index contributed by atoms with van der Waals surface area (Å²) in [5, 5.41) is 0. The summed E-state index contributed by atoms with van der Waals surface area (Å²) in [7, 11) is 1.90. The van der Waals surface area contributed by atoms with E-state index < -0.39 is 0 Å². The Kier molecular flexibility index (Phi) is 5.82. The van der Waals surface area contributed by atoms with Crippen LogP contribution >= 0.6 is 0 Å². The largest absolute Gasteiger partial charge is 0.345 e. The highest BCUT2D eigenvalue weighted by Crippen LogP contribution is 2.35. The van der Waals surface area contributed by atoms with Gasteiger partial charge in [0.2, 0.25) is 5.91 Å². The summed E-state index contributed by atoms with van der Waals surface area (Å²) in [4.78, 5) is 13.5. The lowest BCUT2D eigenvalue weighted by Gasteiger charge is -2.21. The van der Waals surface area contributed by atoms with Gasteiger partial charge in [0.05, 0.1) is 0 Å². The van der Waals surface area contributed by atoms with Gasteiger partial charge in [0, 0.05) is 19.0 Å². The second-order valence-electron chi connectivity index (χ2n) is 4.14. The van der Waals surface area contributed by atoms with E-state index in [4.69, 9.17) is 0 Å². The lowest BCUT2D eigenvalue weighted by atomic mass is 9.83. The minimum atomic E-state index is -0.0369. The van der Waals surface area contributed by atoms with E-state index in [0.717, 1.165) is 19.4 Å². The summed E-state index contributed by atoms with van der Waals surface area (Å²) >= 11 is 0. The van der Waals surface area contributed by atoms with E-state index in [-0.39, 0.29) is 5.41 Å². The van der Waals surface area contributed by atoms with E-state index >= 15 is 0 Å². The SMILES string of the molecule is CC.CCCCC1(C)CCN(C)C1=O. The van der Waals surface area contributed by atoms with Crippen molar-refractivity contribution in [3.63, 3.8) is 0 Å². The third kappa shape index (κ3) is 3.00. The molecule has 1 fully saturated rings. The lowest BCUT2D eigenvalue weighted by Crippen LogP contribution is -2.29. The van der Waals surface area contributed by atoms with Crippen LogP contribution in [0.15, 0.2) is 0 Å². The first-order valence-electron chi connectivity index (χ1n) is 5.86. The highest BCUT2D eigenvalue weighted by molar-refractivity contribution is 5.84. The van der Waals surface area contributed by atoms with E-state index in [1.807, 2.05) is 25.8 Å². The molecule has 2 nitrogen and oxygen atoms in total. The smallest absolute Gasteiger partial charge is 0.228 e. The molecule has 0 bridgehead atoms. The zero-order valence-electron chi connectivity index (χ0n) is 10.4. The van der Waals surface area contributed by atoms with E-state index in [0.29, 0.717) is 5.91 Å². The fourth-order valence-electron chi connectivity index (χ4n) is 1.88. The topological polar surface area (TPSA) is 20.3 Å². The summed E-state index contributed by atoms with van der Waals surface area (Å²) in [5.74, 6) is 0.343. The van der Waals surface area contributed by atoms with Gasteiger partial charge in [0.15, 0.2) is 0 Å². The van der Waals surface area contributed by atoms with Gasteiger partial charge in [-0.05, 0) is 12.8 Å². The molecule has 14 heavy (non-hydrogen) atoms. The molecule has 0 saturated carbocycles. The summed E-state index contributed by atoms with van der Waals surface area (Å²) < 4.78 is 0. The van der Waals surface area contributed by atoms with Gasteiger partial charge in [0.25, 0.3) is 0 Å². The average Bonchev–Trinajstić information content (AvgIpc) is 2.47. The summed E-state index contributed by atoms with van der Waals surface area (Å²) in [6.07, 6.45) is 4.47. The van der Waals surface area contributed by atoms with E-state index in [1.165, 1.54) is 12.8 Å². The molecular weight excluding hydrogens is 174 g/mol. The molecule has 1 atom stereocenters. The Labute approximate surface area is 88.7 Å². The Hall–Kier alpha value is -0.530. The molecule has 1 heterocycles. The summed E-state index contributed by atoms with van der Waals surface area (Å²) in [6.45, 7) is 9.22. The zero-order valence-corrected chi connectivity index (χ0v) is 10.4. The fourth-order valence-corrected chi connectivity index (χ4v) is 1.88. The monoisotopic (exact) mass is 199 g/mol. The van der Waals surface area contributed by atoms with E-state index in [1.54, 1.807) is 0 Å². The van der Waals surface area contributed by atoms with Crippen LogP contribution in [0.25, 0.3) is 0 Å². The quantitative estimate of drug-likeness (QED) is 0.684. The van der Waals surface area contributed by atoms with Crippen LogP contribution in [0, 0.1) is 5.41 Å². The Morgan fingerprint density at radius 2 is 2.00 bits per heavy atom. The molecule has 0 aliphatic carbocycles. The number of rotatable bonds is 3. The molecule has 84 valence electrons. The predicted octanol–water partition coefficient (Wildman–Crippen LogP) is 3.07. The van der Waals surface area contributed by atoms with Gasteiger partial charge in [-0.3, -0.25) is 4.79 Å². The molecule has 2 heteroatoms.